The Morgan fingerprint density at radius 1 is 0.938 bits per heavy atom. The number of likely N-dealkylation sites (N-methyl/N-ethyl adjacent to an activating group) is 1. The molecule has 1 aromatic carbocycles. The lowest BCUT2D eigenvalue weighted by molar-refractivity contribution is 0.312. The number of hydrogen-bond donors (Lipinski definition) is 1. The molecule has 0 unspecified atom stereocenters. The Hall–Kier alpha value is -3.59. The molecule has 5 rings (SSSR count). The van der Waals surface area contributed by atoms with Crippen LogP contribution in [0.25, 0.3) is 16.7 Å². The summed E-state index contributed by atoms with van der Waals surface area (Å²) in [5.74, 6) is 0.124. The number of pyridine rings is 1. The Kier molecular flexibility index (Phi) is 5.18. The Labute approximate surface area is 184 Å². The smallest absolute Gasteiger partial charge is 0.229 e. The normalized spacial score (nSPS) is 14.8. The molecule has 1 aliphatic rings. The van der Waals surface area contributed by atoms with Crippen molar-refractivity contribution in [2.24, 2.45) is 0 Å². The van der Waals surface area contributed by atoms with Crippen LogP contribution in [-0.4, -0.2) is 57.6 Å². The van der Waals surface area contributed by atoms with Crippen molar-refractivity contribution in [1.82, 2.24) is 24.4 Å². The van der Waals surface area contributed by atoms with E-state index in [9.17, 15) is 8.78 Å². The fourth-order valence-corrected chi connectivity index (χ4v) is 3.77. The van der Waals surface area contributed by atoms with Gasteiger partial charge in [0.15, 0.2) is 0 Å². The zero-order valence-corrected chi connectivity index (χ0v) is 17.9. The van der Waals surface area contributed by atoms with Gasteiger partial charge in [-0.3, -0.25) is 0 Å². The zero-order chi connectivity index (χ0) is 22.2. The molecule has 0 amide bonds. The summed E-state index contributed by atoms with van der Waals surface area (Å²) in [5.41, 5.74) is 1.66. The first-order chi connectivity index (χ1) is 15.5. The maximum atomic E-state index is 14.1. The van der Waals surface area contributed by atoms with Gasteiger partial charge in [0.2, 0.25) is 5.95 Å². The van der Waals surface area contributed by atoms with Crippen LogP contribution in [0, 0.1) is 18.6 Å². The maximum Gasteiger partial charge on any atom is 0.229 e. The number of hydrogen-bond acceptors (Lipinski definition) is 6. The largest absolute Gasteiger partial charge is 0.354 e. The van der Waals surface area contributed by atoms with Gasteiger partial charge >= 0.3 is 0 Å². The van der Waals surface area contributed by atoms with Crippen LogP contribution in [0.5, 0.6) is 0 Å². The van der Waals surface area contributed by atoms with Crippen LogP contribution in [0.1, 0.15) is 5.56 Å². The number of nitrogens with one attached hydrogen (secondary N) is 1. The molecule has 4 heterocycles. The third-order valence-electron chi connectivity index (χ3n) is 5.80. The average molecular weight is 435 g/mol. The van der Waals surface area contributed by atoms with Crippen molar-refractivity contribution in [3.05, 3.63) is 66.1 Å². The molecule has 1 saturated heterocycles. The van der Waals surface area contributed by atoms with Gasteiger partial charge in [-0.25, -0.2) is 18.7 Å². The lowest BCUT2D eigenvalue weighted by Gasteiger charge is -2.33. The minimum atomic E-state index is -0.597. The molecule has 1 fully saturated rings. The first-order valence-electron chi connectivity index (χ1n) is 10.4. The number of halogens is 2. The summed E-state index contributed by atoms with van der Waals surface area (Å²) in [4.78, 5) is 18.0. The summed E-state index contributed by atoms with van der Waals surface area (Å²) < 4.78 is 29.8. The minimum absolute atomic E-state index is 0.00489. The van der Waals surface area contributed by atoms with Gasteiger partial charge in [0.25, 0.3) is 0 Å². The van der Waals surface area contributed by atoms with Crippen LogP contribution in [-0.2, 0) is 0 Å². The first kappa shape index (κ1) is 20.3. The van der Waals surface area contributed by atoms with E-state index < -0.39 is 11.6 Å². The molecule has 1 aliphatic heterocycles. The highest BCUT2D eigenvalue weighted by molar-refractivity contribution is 5.78. The molecule has 3 aromatic heterocycles. The van der Waals surface area contributed by atoms with E-state index in [1.165, 1.54) is 19.1 Å². The summed E-state index contributed by atoms with van der Waals surface area (Å²) in [6.45, 7) is 5.35. The van der Waals surface area contributed by atoms with Gasteiger partial charge in [-0.2, -0.15) is 4.98 Å². The highest BCUT2D eigenvalue weighted by Gasteiger charge is 2.15. The van der Waals surface area contributed by atoms with Crippen molar-refractivity contribution >= 4 is 28.5 Å². The van der Waals surface area contributed by atoms with Crippen molar-refractivity contribution in [2.75, 3.05) is 43.4 Å². The van der Waals surface area contributed by atoms with Crippen LogP contribution < -0.4 is 10.2 Å². The van der Waals surface area contributed by atoms with Crippen LogP contribution in [0.3, 0.4) is 0 Å². The Morgan fingerprint density at radius 2 is 1.69 bits per heavy atom. The molecular weight excluding hydrogens is 412 g/mol. The highest BCUT2D eigenvalue weighted by Crippen LogP contribution is 2.24. The number of anilines is 3. The number of piperazine rings is 1. The van der Waals surface area contributed by atoms with E-state index in [1.807, 2.05) is 12.1 Å². The molecule has 32 heavy (non-hydrogen) atoms. The number of fused-ring (bicyclic) bond motifs is 1. The monoisotopic (exact) mass is 435 g/mol. The molecule has 4 aromatic rings. The molecule has 0 saturated carbocycles. The Balaban J connectivity index is 1.39. The molecule has 0 spiro atoms. The molecule has 0 aliphatic carbocycles. The predicted molar refractivity (Wildman–Crippen MR) is 121 cm³/mol. The molecule has 0 bridgehead atoms. The number of benzene rings is 1. The molecular formula is C23H23F2N7. The fourth-order valence-electron chi connectivity index (χ4n) is 3.77. The van der Waals surface area contributed by atoms with E-state index in [0.29, 0.717) is 17.3 Å². The third-order valence-corrected chi connectivity index (χ3v) is 5.80. The van der Waals surface area contributed by atoms with Crippen LogP contribution in [0.15, 0.2) is 48.9 Å². The van der Waals surface area contributed by atoms with Crippen LogP contribution in [0.2, 0.25) is 0 Å². The minimum Gasteiger partial charge on any atom is -0.354 e. The quantitative estimate of drug-likeness (QED) is 0.525. The van der Waals surface area contributed by atoms with Crippen LogP contribution >= 0.6 is 0 Å². The number of aromatic nitrogens is 4. The fraction of sp³-hybridized carbons (Fsp3) is 0.261. The van der Waals surface area contributed by atoms with Crippen molar-refractivity contribution in [1.29, 1.82) is 0 Å². The average Bonchev–Trinajstić information content (AvgIpc) is 3.21. The summed E-state index contributed by atoms with van der Waals surface area (Å²) in [6.07, 6.45) is 5.15. The predicted octanol–water partition coefficient (Wildman–Crippen LogP) is 3.90. The van der Waals surface area contributed by atoms with Gasteiger partial charge in [0.05, 0.1) is 17.6 Å². The van der Waals surface area contributed by atoms with E-state index in [1.54, 1.807) is 29.2 Å². The van der Waals surface area contributed by atoms with Gasteiger partial charge in [-0.15, -0.1) is 0 Å². The van der Waals surface area contributed by atoms with E-state index >= 15 is 0 Å². The standard InChI is InChI=1S/C23H23F2N7/c1-15-19(24)11-18(12-20(15)25)32-6-5-16-13-27-23(29-22(16)32)28-17-3-4-21(26-14-17)31-9-7-30(2)8-10-31/h3-6,11-14H,7-10H2,1-2H3,(H,27,28,29). The summed E-state index contributed by atoms with van der Waals surface area (Å²) in [7, 11) is 2.12. The summed E-state index contributed by atoms with van der Waals surface area (Å²) in [6, 6.07) is 8.33. The van der Waals surface area contributed by atoms with Crippen molar-refractivity contribution in [2.45, 2.75) is 6.92 Å². The molecule has 9 heteroatoms. The lowest BCUT2D eigenvalue weighted by Crippen LogP contribution is -2.44. The summed E-state index contributed by atoms with van der Waals surface area (Å²) >= 11 is 0. The van der Waals surface area contributed by atoms with E-state index in [-0.39, 0.29) is 5.56 Å². The van der Waals surface area contributed by atoms with Crippen molar-refractivity contribution in [3.8, 4) is 5.69 Å². The molecule has 1 N–H and O–H groups in total. The molecule has 164 valence electrons. The highest BCUT2D eigenvalue weighted by atomic mass is 19.1. The molecule has 0 atom stereocenters. The van der Waals surface area contributed by atoms with E-state index in [4.69, 9.17) is 0 Å². The Bertz CT molecular complexity index is 1240. The molecule has 7 nitrogen and oxygen atoms in total. The van der Waals surface area contributed by atoms with Gasteiger partial charge in [-0.1, -0.05) is 0 Å². The second-order valence-electron chi connectivity index (χ2n) is 8.01. The third kappa shape index (κ3) is 3.87. The number of rotatable bonds is 4. The van der Waals surface area contributed by atoms with Crippen molar-refractivity contribution < 1.29 is 8.78 Å². The van der Waals surface area contributed by atoms with E-state index in [0.717, 1.165) is 43.1 Å². The van der Waals surface area contributed by atoms with Gasteiger partial charge in [0.1, 0.15) is 23.1 Å². The summed E-state index contributed by atoms with van der Waals surface area (Å²) in [5, 5.41) is 3.92. The van der Waals surface area contributed by atoms with Gasteiger partial charge in [-0.05, 0) is 44.3 Å². The second-order valence-corrected chi connectivity index (χ2v) is 8.01. The van der Waals surface area contributed by atoms with E-state index in [2.05, 4.69) is 37.1 Å². The topological polar surface area (TPSA) is 62.1 Å². The maximum absolute atomic E-state index is 14.1. The van der Waals surface area contributed by atoms with Crippen LogP contribution in [0.4, 0.5) is 26.2 Å². The zero-order valence-electron chi connectivity index (χ0n) is 17.9. The Morgan fingerprint density at radius 3 is 2.38 bits per heavy atom. The van der Waals surface area contributed by atoms with Gasteiger partial charge in [0, 0.05) is 49.5 Å². The molecule has 0 radical (unpaired) electrons. The first-order valence-corrected chi connectivity index (χ1v) is 10.4. The number of nitrogens with zero attached hydrogens (tertiary/aromatic N) is 6. The van der Waals surface area contributed by atoms with Gasteiger partial charge < -0.3 is 19.7 Å². The van der Waals surface area contributed by atoms with Crippen molar-refractivity contribution in [3.63, 3.8) is 0 Å². The lowest BCUT2D eigenvalue weighted by atomic mass is 10.2. The SMILES string of the molecule is Cc1c(F)cc(-n2ccc3cnc(Nc4ccc(N5CCN(C)CC5)nc4)nc32)cc1F. The second kappa shape index (κ2) is 8.16.